The molecule has 1 aromatic heterocycles. The van der Waals surface area contributed by atoms with Crippen molar-refractivity contribution in [2.24, 2.45) is 0 Å². The average Bonchev–Trinajstić information content (AvgIpc) is 3.12. The van der Waals surface area contributed by atoms with Crippen LogP contribution in [0.5, 0.6) is 0 Å². The summed E-state index contributed by atoms with van der Waals surface area (Å²) in [6.45, 7) is 0.670. The van der Waals surface area contributed by atoms with Crippen LogP contribution in [0, 0.1) is 0 Å². The van der Waals surface area contributed by atoms with Crippen LogP contribution in [0.3, 0.4) is 0 Å². The van der Waals surface area contributed by atoms with Gasteiger partial charge in [-0.15, -0.1) is 0 Å². The number of nitrogens with zero attached hydrogens (tertiary/aromatic N) is 2. The first-order chi connectivity index (χ1) is 13.6. The van der Waals surface area contributed by atoms with Crippen molar-refractivity contribution in [2.75, 3.05) is 10.6 Å². The van der Waals surface area contributed by atoms with Crippen molar-refractivity contribution in [1.29, 1.82) is 0 Å². The quantitative estimate of drug-likeness (QED) is 0.381. The van der Waals surface area contributed by atoms with Crippen LogP contribution in [0.15, 0.2) is 73.1 Å². The van der Waals surface area contributed by atoms with Gasteiger partial charge < -0.3 is 10.6 Å². The first kappa shape index (κ1) is 18.7. The van der Waals surface area contributed by atoms with E-state index >= 15 is 0 Å². The number of fused-ring (bicyclic) bond motifs is 1. The lowest BCUT2D eigenvalue weighted by Gasteiger charge is -2.11. The van der Waals surface area contributed by atoms with Crippen LogP contribution in [-0.2, 0) is 6.54 Å². The van der Waals surface area contributed by atoms with Crippen molar-refractivity contribution in [1.82, 2.24) is 9.78 Å². The molecule has 3 aromatic carbocycles. The second-order valence-corrected chi connectivity index (χ2v) is 7.44. The predicted molar refractivity (Wildman–Crippen MR) is 122 cm³/mol. The van der Waals surface area contributed by atoms with Crippen molar-refractivity contribution < 1.29 is 0 Å². The Balaban J connectivity index is 1.45. The molecule has 0 saturated carbocycles. The van der Waals surface area contributed by atoms with E-state index in [1.165, 1.54) is 16.3 Å². The van der Waals surface area contributed by atoms with Gasteiger partial charge in [0.05, 0.1) is 34.2 Å². The first-order valence-corrected chi connectivity index (χ1v) is 9.78. The smallest absolute Gasteiger partial charge is 0.175 e. The standard InChI is InChI=1S/C21H16Cl2N4S/c22-18-9-4-10-19(20(18)23)26-21(28)25-16-11-24-27(13-16)12-15-7-3-6-14-5-1-2-8-17(14)15/h1-11,13H,12H2,(H2,25,26,28). The Hall–Kier alpha value is -2.60. The monoisotopic (exact) mass is 426 g/mol. The molecule has 0 radical (unpaired) electrons. The summed E-state index contributed by atoms with van der Waals surface area (Å²) in [7, 11) is 0. The van der Waals surface area contributed by atoms with Gasteiger partial charge >= 0.3 is 0 Å². The molecule has 7 heteroatoms. The Morgan fingerprint density at radius 3 is 2.64 bits per heavy atom. The van der Waals surface area contributed by atoms with Gasteiger partial charge in [-0.3, -0.25) is 4.68 Å². The maximum atomic E-state index is 6.18. The Kier molecular flexibility index (Phi) is 5.48. The van der Waals surface area contributed by atoms with Gasteiger partial charge in [0, 0.05) is 6.20 Å². The third-order valence-electron chi connectivity index (χ3n) is 4.30. The molecule has 4 rings (SSSR count). The normalized spacial score (nSPS) is 10.8. The minimum atomic E-state index is 0.411. The van der Waals surface area contributed by atoms with Crippen LogP contribution in [0.4, 0.5) is 11.4 Å². The highest BCUT2D eigenvalue weighted by Crippen LogP contribution is 2.29. The number of hydrogen-bond acceptors (Lipinski definition) is 2. The number of nitrogens with one attached hydrogen (secondary N) is 2. The Bertz CT molecular complexity index is 1150. The summed E-state index contributed by atoms with van der Waals surface area (Å²) in [6.07, 6.45) is 3.65. The Morgan fingerprint density at radius 2 is 1.75 bits per heavy atom. The van der Waals surface area contributed by atoms with Gasteiger partial charge in [0.2, 0.25) is 0 Å². The summed E-state index contributed by atoms with van der Waals surface area (Å²) in [5.74, 6) is 0. The van der Waals surface area contributed by atoms with Crippen LogP contribution in [0.25, 0.3) is 10.8 Å². The minimum Gasteiger partial charge on any atom is -0.331 e. The molecule has 0 aliphatic carbocycles. The summed E-state index contributed by atoms with van der Waals surface area (Å²) in [5.41, 5.74) is 2.64. The van der Waals surface area contributed by atoms with Crippen molar-refractivity contribution in [3.05, 3.63) is 88.7 Å². The fraction of sp³-hybridized carbons (Fsp3) is 0.0476. The molecule has 0 unspecified atom stereocenters. The SMILES string of the molecule is S=C(Nc1cnn(Cc2cccc3ccccc23)c1)Nc1cccc(Cl)c1Cl. The summed E-state index contributed by atoms with van der Waals surface area (Å²) >= 11 is 17.6. The summed E-state index contributed by atoms with van der Waals surface area (Å²) in [4.78, 5) is 0. The molecule has 0 aliphatic heterocycles. The third kappa shape index (κ3) is 4.12. The zero-order chi connectivity index (χ0) is 19.5. The van der Waals surface area contributed by atoms with E-state index in [-0.39, 0.29) is 0 Å². The molecule has 0 fully saturated rings. The van der Waals surface area contributed by atoms with E-state index in [9.17, 15) is 0 Å². The molecule has 0 saturated heterocycles. The lowest BCUT2D eigenvalue weighted by atomic mass is 10.0. The molecule has 0 spiro atoms. The van der Waals surface area contributed by atoms with Crippen LogP contribution < -0.4 is 10.6 Å². The number of thiocarbonyl (C=S) groups is 1. The van der Waals surface area contributed by atoms with Gasteiger partial charge in [0.25, 0.3) is 0 Å². The van der Waals surface area contributed by atoms with E-state index in [1.54, 1.807) is 18.3 Å². The lowest BCUT2D eigenvalue weighted by Crippen LogP contribution is -2.19. The maximum absolute atomic E-state index is 6.18. The van der Waals surface area contributed by atoms with E-state index in [0.717, 1.165) is 5.69 Å². The Morgan fingerprint density at radius 1 is 0.964 bits per heavy atom. The number of halogens is 2. The van der Waals surface area contributed by atoms with E-state index < -0.39 is 0 Å². The number of rotatable bonds is 4. The highest BCUT2D eigenvalue weighted by molar-refractivity contribution is 7.80. The molecular weight excluding hydrogens is 411 g/mol. The summed E-state index contributed by atoms with van der Waals surface area (Å²) in [6, 6.07) is 20.0. The van der Waals surface area contributed by atoms with Crippen LogP contribution in [0.1, 0.15) is 5.56 Å². The molecule has 0 amide bonds. The molecule has 2 N–H and O–H groups in total. The zero-order valence-electron chi connectivity index (χ0n) is 14.7. The fourth-order valence-corrected chi connectivity index (χ4v) is 3.58. The number of hydrogen-bond donors (Lipinski definition) is 2. The van der Waals surface area contributed by atoms with Crippen LogP contribution >= 0.6 is 35.4 Å². The number of benzene rings is 3. The van der Waals surface area contributed by atoms with Gasteiger partial charge in [-0.1, -0.05) is 71.7 Å². The van der Waals surface area contributed by atoms with Crippen molar-refractivity contribution in [3.8, 4) is 0 Å². The average molecular weight is 427 g/mol. The van der Waals surface area contributed by atoms with E-state index in [4.69, 9.17) is 35.4 Å². The molecule has 0 atom stereocenters. The molecule has 0 bridgehead atoms. The molecular formula is C21H16Cl2N4S. The van der Waals surface area contributed by atoms with Gasteiger partial charge in [-0.05, 0) is 40.7 Å². The number of aromatic nitrogens is 2. The molecule has 4 aromatic rings. The van der Waals surface area contributed by atoms with Gasteiger partial charge in [-0.25, -0.2) is 0 Å². The van der Waals surface area contributed by atoms with Crippen molar-refractivity contribution >= 4 is 62.7 Å². The summed E-state index contributed by atoms with van der Waals surface area (Å²) in [5, 5.41) is 14.3. The minimum absolute atomic E-state index is 0.411. The first-order valence-electron chi connectivity index (χ1n) is 8.61. The number of anilines is 2. The van der Waals surface area contributed by atoms with E-state index in [2.05, 4.69) is 46.1 Å². The van der Waals surface area contributed by atoms with Crippen molar-refractivity contribution in [2.45, 2.75) is 6.54 Å². The van der Waals surface area contributed by atoms with Crippen LogP contribution in [0.2, 0.25) is 10.0 Å². The Labute approximate surface area is 178 Å². The largest absolute Gasteiger partial charge is 0.331 e. The molecule has 28 heavy (non-hydrogen) atoms. The molecule has 1 heterocycles. The van der Waals surface area contributed by atoms with Gasteiger partial charge in [0.1, 0.15) is 0 Å². The van der Waals surface area contributed by atoms with Crippen LogP contribution in [-0.4, -0.2) is 14.9 Å². The molecule has 140 valence electrons. The highest BCUT2D eigenvalue weighted by Gasteiger charge is 2.08. The van der Waals surface area contributed by atoms with Gasteiger partial charge in [-0.2, -0.15) is 5.10 Å². The highest BCUT2D eigenvalue weighted by atomic mass is 35.5. The second kappa shape index (κ2) is 8.19. The predicted octanol–water partition coefficient (Wildman–Crippen LogP) is 6.20. The van der Waals surface area contributed by atoms with E-state index in [1.807, 2.05) is 29.1 Å². The lowest BCUT2D eigenvalue weighted by molar-refractivity contribution is 0.690. The topological polar surface area (TPSA) is 41.9 Å². The summed E-state index contributed by atoms with van der Waals surface area (Å²) < 4.78 is 1.87. The van der Waals surface area contributed by atoms with Crippen molar-refractivity contribution in [3.63, 3.8) is 0 Å². The maximum Gasteiger partial charge on any atom is 0.175 e. The zero-order valence-corrected chi connectivity index (χ0v) is 17.0. The van der Waals surface area contributed by atoms with Gasteiger partial charge in [0.15, 0.2) is 5.11 Å². The van der Waals surface area contributed by atoms with E-state index in [0.29, 0.717) is 27.4 Å². The molecule has 0 aliphatic rings. The third-order valence-corrected chi connectivity index (χ3v) is 5.33. The second-order valence-electron chi connectivity index (χ2n) is 6.25. The fourth-order valence-electron chi connectivity index (χ4n) is 3.00. The molecule has 4 nitrogen and oxygen atoms in total.